The van der Waals surface area contributed by atoms with Crippen LogP contribution < -0.4 is 5.32 Å². The van der Waals surface area contributed by atoms with Crippen LogP contribution in [0.4, 0.5) is 0 Å². The molecule has 126 valence electrons. The zero-order chi connectivity index (χ0) is 17.3. The number of aromatic nitrogens is 2. The van der Waals surface area contributed by atoms with E-state index in [4.69, 9.17) is 4.42 Å². The zero-order valence-electron chi connectivity index (χ0n) is 12.9. The average Bonchev–Trinajstić information content (AvgIpc) is 3.40. The predicted octanol–water partition coefficient (Wildman–Crippen LogP) is 3.01. The molecule has 0 fully saturated rings. The molecule has 25 heavy (non-hydrogen) atoms. The Kier molecular flexibility index (Phi) is 4.08. The van der Waals surface area contributed by atoms with Crippen LogP contribution in [0, 0.1) is 0 Å². The molecule has 2 N–H and O–H groups in total. The molecule has 1 aromatic carbocycles. The number of benzene rings is 1. The Labute approximate surface area is 151 Å². The minimum absolute atomic E-state index is 0.00673. The van der Waals surface area contributed by atoms with Gasteiger partial charge in [-0.25, -0.2) is 0 Å². The monoisotopic (exact) mass is 371 g/mol. The van der Waals surface area contributed by atoms with Gasteiger partial charge in [-0.3, -0.25) is 4.79 Å². The van der Waals surface area contributed by atoms with Gasteiger partial charge in [0.1, 0.15) is 16.8 Å². The van der Waals surface area contributed by atoms with Gasteiger partial charge in [0, 0.05) is 10.4 Å². The second-order valence-corrected chi connectivity index (χ2v) is 6.94. The van der Waals surface area contributed by atoms with Crippen LogP contribution in [0.2, 0.25) is 0 Å². The fourth-order valence-electron chi connectivity index (χ4n) is 2.56. The maximum atomic E-state index is 12.5. The summed E-state index contributed by atoms with van der Waals surface area (Å²) in [6.07, 6.45) is 1.50. The quantitative estimate of drug-likeness (QED) is 0.563. The molecular weight excluding hydrogens is 358 g/mol. The van der Waals surface area contributed by atoms with Gasteiger partial charge in [0.2, 0.25) is 0 Å². The van der Waals surface area contributed by atoms with Crippen molar-refractivity contribution in [3.05, 3.63) is 70.3 Å². The van der Waals surface area contributed by atoms with Crippen LogP contribution in [0.25, 0.3) is 11.0 Å². The van der Waals surface area contributed by atoms with Gasteiger partial charge in [-0.15, -0.1) is 11.3 Å². The van der Waals surface area contributed by atoms with Gasteiger partial charge in [-0.2, -0.15) is 8.75 Å². The molecule has 4 rings (SSSR count). The molecular formula is C17H13N3O3S2. The Hall–Kier alpha value is -2.55. The Morgan fingerprint density at radius 1 is 1.20 bits per heavy atom. The van der Waals surface area contributed by atoms with Crippen LogP contribution >= 0.6 is 23.1 Å². The molecule has 0 saturated heterocycles. The second kappa shape index (κ2) is 6.40. The third kappa shape index (κ3) is 2.95. The van der Waals surface area contributed by atoms with Crippen molar-refractivity contribution in [3.8, 4) is 0 Å². The summed E-state index contributed by atoms with van der Waals surface area (Å²) in [5.74, 6) is 0.0887. The Bertz CT molecular complexity index is 959. The molecule has 0 spiro atoms. The normalized spacial score (nSPS) is 13.6. The van der Waals surface area contributed by atoms with Gasteiger partial charge in [-0.05, 0) is 41.8 Å². The van der Waals surface area contributed by atoms with Gasteiger partial charge < -0.3 is 14.8 Å². The first-order valence-corrected chi connectivity index (χ1v) is 9.09. The summed E-state index contributed by atoms with van der Waals surface area (Å²) < 4.78 is 13.7. The lowest BCUT2D eigenvalue weighted by atomic mass is 9.98. The van der Waals surface area contributed by atoms with E-state index in [1.54, 1.807) is 30.3 Å². The third-order valence-corrected chi connectivity index (χ3v) is 5.46. The van der Waals surface area contributed by atoms with E-state index >= 15 is 0 Å². The van der Waals surface area contributed by atoms with Crippen molar-refractivity contribution in [3.63, 3.8) is 0 Å². The number of nitrogens with one attached hydrogen (secondary N) is 1. The SMILES string of the molecule is O=C(NC[C@@](O)(c1ccco1)c1cccs1)c1ccc2nsnc2c1. The number of furan rings is 1. The third-order valence-electron chi connectivity index (χ3n) is 3.88. The Morgan fingerprint density at radius 2 is 2.08 bits per heavy atom. The Balaban J connectivity index is 1.58. The summed E-state index contributed by atoms with van der Waals surface area (Å²) in [6, 6.07) is 12.2. The maximum absolute atomic E-state index is 12.5. The molecule has 0 aliphatic heterocycles. The molecule has 0 bridgehead atoms. The molecule has 1 amide bonds. The van der Waals surface area contributed by atoms with Crippen LogP contribution in [0.3, 0.4) is 0 Å². The minimum atomic E-state index is -1.42. The first-order chi connectivity index (χ1) is 12.2. The van der Waals surface area contributed by atoms with E-state index in [0.717, 1.165) is 17.2 Å². The van der Waals surface area contributed by atoms with Crippen LogP contribution in [0.5, 0.6) is 0 Å². The summed E-state index contributed by atoms with van der Waals surface area (Å²) >= 11 is 2.51. The number of thiophene rings is 1. The van der Waals surface area contributed by atoms with Crippen molar-refractivity contribution >= 4 is 40.0 Å². The smallest absolute Gasteiger partial charge is 0.251 e. The molecule has 1 atom stereocenters. The van der Waals surface area contributed by atoms with Crippen LogP contribution in [0.15, 0.2) is 58.5 Å². The van der Waals surface area contributed by atoms with Crippen molar-refractivity contribution in [2.24, 2.45) is 0 Å². The maximum Gasteiger partial charge on any atom is 0.251 e. The van der Waals surface area contributed by atoms with Crippen molar-refractivity contribution in [1.82, 2.24) is 14.1 Å². The van der Waals surface area contributed by atoms with Gasteiger partial charge in [0.05, 0.1) is 24.5 Å². The molecule has 0 unspecified atom stereocenters. The number of hydrogen-bond acceptors (Lipinski definition) is 7. The molecule has 8 heteroatoms. The highest BCUT2D eigenvalue weighted by Gasteiger charge is 2.36. The van der Waals surface area contributed by atoms with E-state index in [2.05, 4.69) is 14.1 Å². The lowest BCUT2D eigenvalue weighted by Crippen LogP contribution is -2.41. The number of rotatable bonds is 5. The molecule has 0 saturated carbocycles. The van der Waals surface area contributed by atoms with E-state index in [-0.39, 0.29) is 12.5 Å². The van der Waals surface area contributed by atoms with Gasteiger partial charge in [0.15, 0.2) is 5.60 Å². The molecule has 0 radical (unpaired) electrons. The standard InChI is InChI=1S/C17H13N3O3S2/c21-16(11-5-6-12-13(9-11)20-25-19-12)18-10-17(22,14-3-1-7-23-14)15-4-2-8-24-15/h1-9,22H,10H2,(H,18,21)/t17-/m1/s1. The lowest BCUT2D eigenvalue weighted by Gasteiger charge is -2.25. The summed E-state index contributed by atoms with van der Waals surface area (Å²) in [5, 5.41) is 15.8. The van der Waals surface area contributed by atoms with Crippen molar-refractivity contribution < 1.29 is 14.3 Å². The van der Waals surface area contributed by atoms with Gasteiger partial charge in [0.25, 0.3) is 5.91 Å². The second-order valence-electron chi connectivity index (χ2n) is 5.47. The minimum Gasteiger partial charge on any atom is -0.466 e. The molecule has 3 heterocycles. The van der Waals surface area contributed by atoms with E-state index in [9.17, 15) is 9.90 Å². The number of carbonyl (C=O) groups excluding carboxylic acids is 1. The molecule has 6 nitrogen and oxygen atoms in total. The van der Waals surface area contributed by atoms with Crippen molar-refractivity contribution in [1.29, 1.82) is 0 Å². The average molecular weight is 371 g/mol. The number of carbonyl (C=O) groups is 1. The van der Waals surface area contributed by atoms with Crippen molar-refractivity contribution in [2.45, 2.75) is 5.60 Å². The Morgan fingerprint density at radius 3 is 2.84 bits per heavy atom. The van der Waals surface area contributed by atoms with E-state index in [0.29, 0.717) is 21.7 Å². The van der Waals surface area contributed by atoms with Crippen molar-refractivity contribution in [2.75, 3.05) is 6.54 Å². The number of hydrogen-bond donors (Lipinski definition) is 2. The summed E-state index contributed by atoms with van der Waals surface area (Å²) in [4.78, 5) is 13.2. The topological polar surface area (TPSA) is 88.2 Å². The first-order valence-electron chi connectivity index (χ1n) is 7.48. The zero-order valence-corrected chi connectivity index (χ0v) is 14.5. The summed E-state index contributed by atoms with van der Waals surface area (Å²) in [7, 11) is 0. The lowest BCUT2D eigenvalue weighted by molar-refractivity contribution is 0.0554. The highest BCUT2D eigenvalue weighted by Crippen LogP contribution is 2.32. The summed E-state index contributed by atoms with van der Waals surface area (Å²) in [5.41, 5.74) is 0.484. The van der Waals surface area contributed by atoms with Crippen LogP contribution in [-0.4, -0.2) is 26.3 Å². The molecule has 0 aliphatic rings. The largest absolute Gasteiger partial charge is 0.466 e. The number of aliphatic hydroxyl groups is 1. The van der Waals surface area contributed by atoms with E-state index in [1.807, 2.05) is 17.5 Å². The highest BCUT2D eigenvalue weighted by atomic mass is 32.1. The van der Waals surface area contributed by atoms with E-state index in [1.165, 1.54) is 17.6 Å². The fourth-order valence-corrected chi connectivity index (χ4v) is 3.90. The van der Waals surface area contributed by atoms with E-state index < -0.39 is 5.60 Å². The highest BCUT2D eigenvalue weighted by molar-refractivity contribution is 7.10. The van der Waals surface area contributed by atoms with Crippen LogP contribution in [-0.2, 0) is 5.60 Å². The van der Waals surface area contributed by atoms with Gasteiger partial charge in [-0.1, -0.05) is 6.07 Å². The first kappa shape index (κ1) is 15.9. The molecule has 3 aromatic heterocycles. The fraction of sp³-hybridized carbons (Fsp3) is 0.118. The number of fused-ring (bicyclic) bond motifs is 1. The molecule has 4 aromatic rings. The van der Waals surface area contributed by atoms with Crippen LogP contribution in [0.1, 0.15) is 21.0 Å². The number of nitrogens with zero attached hydrogens (tertiary/aromatic N) is 2. The van der Waals surface area contributed by atoms with Gasteiger partial charge >= 0.3 is 0 Å². The molecule has 0 aliphatic carbocycles. The summed E-state index contributed by atoms with van der Waals surface area (Å²) in [6.45, 7) is -0.00673. The predicted molar refractivity (Wildman–Crippen MR) is 95.8 cm³/mol. The number of amides is 1.